The number of hydrogen-bond donors (Lipinski definition) is 3. The summed E-state index contributed by atoms with van der Waals surface area (Å²) >= 11 is 0. The second-order valence-corrected chi connectivity index (χ2v) is 30.9. The van der Waals surface area contributed by atoms with Crippen LogP contribution in [0.2, 0.25) is 0 Å². The van der Waals surface area contributed by atoms with Crippen LogP contribution in [0.15, 0.2) is 24.3 Å². The van der Waals surface area contributed by atoms with E-state index >= 15 is 0 Å². The molecule has 0 aromatic carbocycles. The summed E-state index contributed by atoms with van der Waals surface area (Å²) in [7, 11) is -9.93. The largest absolute Gasteiger partial charge is 0.472 e. The first-order valence-corrected chi connectivity index (χ1v) is 42.2. The quantitative estimate of drug-likeness (QED) is 0.0169. The molecule has 0 aliphatic heterocycles. The van der Waals surface area contributed by atoms with Gasteiger partial charge < -0.3 is 33.8 Å². The Labute approximate surface area is 586 Å². The topological polar surface area (TPSA) is 237 Å². The molecule has 0 saturated carbocycles. The third kappa shape index (κ3) is 67.4. The molecule has 96 heavy (non-hydrogen) atoms. The van der Waals surface area contributed by atoms with Crippen LogP contribution in [-0.2, 0) is 65.4 Å². The summed E-state index contributed by atoms with van der Waals surface area (Å²) in [5.74, 6) is 0.174. The lowest BCUT2D eigenvalue weighted by Crippen LogP contribution is -2.30. The van der Waals surface area contributed by atoms with E-state index in [4.69, 9.17) is 37.0 Å². The third-order valence-corrected chi connectivity index (χ3v) is 19.9. The number of aliphatic hydroxyl groups is 1. The SMILES string of the molecule is CCCCCC/C=C\C=C/CCCCCCCC(=O)OC[C@H](COP(=O)(O)OC[C@@H](O)COP(=O)(O)OC[C@@H](COC(=O)CCCCCCCCC(C)C)OC(=O)CCCCCCCCCCCCC(C)CC)OC(=O)CCCCCCCCCCCCCCCCC(C)CC. The van der Waals surface area contributed by atoms with Crippen LogP contribution in [0.5, 0.6) is 0 Å². The van der Waals surface area contributed by atoms with E-state index in [0.29, 0.717) is 31.6 Å². The van der Waals surface area contributed by atoms with Crippen LogP contribution in [-0.4, -0.2) is 96.7 Å². The number of rotatable bonds is 73. The second-order valence-electron chi connectivity index (χ2n) is 28.0. The molecule has 0 aliphatic rings. The van der Waals surface area contributed by atoms with Crippen molar-refractivity contribution >= 4 is 39.5 Å². The highest BCUT2D eigenvalue weighted by Crippen LogP contribution is 2.45. The maximum atomic E-state index is 13.1. The van der Waals surface area contributed by atoms with Gasteiger partial charge in [-0.1, -0.05) is 317 Å². The van der Waals surface area contributed by atoms with Crippen molar-refractivity contribution in [2.75, 3.05) is 39.6 Å². The van der Waals surface area contributed by atoms with Crippen molar-refractivity contribution in [3.8, 4) is 0 Å². The van der Waals surface area contributed by atoms with Crippen LogP contribution in [0.4, 0.5) is 0 Å². The molecule has 566 valence electrons. The van der Waals surface area contributed by atoms with Crippen molar-refractivity contribution in [3.05, 3.63) is 24.3 Å². The summed E-state index contributed by atoms with van der Waals surface area (Å²) in [5.41, 5.74) is 0. The monoisotopic (exact) mass is 1410 g/mol. The summed E-state index contributed by atoms with van der Waals surface area (Å²) in [4.78, 5) is 72.8. The van der Waals surface area contributed by atoms with Crippen molar-refractivity contribution in [2.45, 2.75) is 388 Å². The molecule has 0 rings (SSSR count). The first-order chi connectivity index (χ1) is 46.3. The van der Waals surface area contributed by atoms with Gasteiger partial charge in [0.1, 0.15) is 19.3 Å². The molecule has 19 heteroatoms. The van der Waals surface area contributed by atoms with Crippen LogP contribution >= 0.6 is 15.6 Å². The molecule has 0 radical (unpaired) electrons. The molecule has 0 heterocycles. The van der Waals surface area contributed by atoms with Crippen LogP contribution in [0.25, 0.3) is 0 Å². The Bertz CT molecular complexity index is 1970. The average molecular weight is 1410 g/mol. The van der Waals surface area contributed by atoms with Crippen LogP contribution in [0.1, 0.15) is 370 Å². The van der Waals surface area contributed by atoms with Gasteiger partial charge in [-0.15, -0.1) is 0 Å². The zero-order valence-corrected chi connectivity index (χ0v) is 64.1. The average Bonchev–Trinajstić information content (AvgIpc) is 2.37. The molecule has 3 N–H and O–H groups in total. The number of ether oxygens (including phenoxy) is 4. The van der Waals surface area contributed by atoms with Crippen LogP contribution in [0, 0.1) is 17.8 Å². The van der Waals surface area contributed by atoms with Gasteiger partial charge in [0.2, 0.25) is 0 Å². The van der Waals surface area contributed by atoms with E-state index in [9.17, 15) is 43.2 Å². The molecule has 0 bridgehead atoms. The lowest BCUT2D eigenvalue weighted by atomic mass is 9.99. The molecule has 0 fully saturated rings. The van der Waals surface area contributed by atoms with Crippen molar-refractivity contribution in [2.24, 2.45) is 17.8 Å². The second kappa shape index (κ2) is 67.1. The fraction of sp³-hybridized carbons (Fsp3) is 0.896. The Kier molecular flexibility index (Phi) is 65.3. The molecule has 0 saturated heterocycles. The molecule has 0 amide bonds. The number of carbonyl (C=O) groups is 4. The normalized spacial score (nSPS) is 14.8. The summed E-state index contributed by atoms with van der Waals surface area (Å²) < 4.78 is 68.5. The maximum absolute atomic E-state index is 13.1. The van der Waals surface area contributed by atoms with E-state index in [-0.39, 0.29) is 25.7 Å². The van der Waals surface area contributed by atoms with Crippen molar-refractivity contribution in [1.29, 1.82) is 0 Å². The first-order valence-electron chi connectivity index (χ1n) is 39.2. The Morgan fingerprint density at radius 2 is 0.615 bits per heavy atom. The Hall–Kier alpha value is -2.46. The highest BCUT2D eigenvalue weighted by molar-refractivity contribution is 7.47. The Morgan fingerprint density at radius 3 is 0.927 bits per heavy atom. The molecule has 0 spiro atoms. The molecule has 7 atom stereocenters. The highest BCUT2D eigenvalue weighted by atomic mass is 31.2. The number of phosphoric acid groups is 2. The smallest absolute Gasteiger partial charge is 0.462 e. The van der Waals surface area contributed by atoms with E-state index in [2.05, 4.69) is 72.8 Å². The minimum Gasteiger partial charge on any atom is -0.462 e. The number of phosphoric ester groups is 2. The number of hydrogen-bond acceptors (Lipinski definition) is 15. The molecule has 0 aromatic rings. The third-order valence-electron chi connectivity index (χ3n) is 18.0. The zero-order chi connectivity index (χ0) is 70.9. The van der Waals surface area contributed by atoms with Gasteiger partial charge in [-0.3, -0.25) is 37.3 Å². The zero-order valence-electron chi connectivity index (χ0n) is 62.3. The predicted molar refractivity (Wildman–Crippen MR) is 390 cm³/mol. The molecule has 0 aromatic heterocycles. The first kappa shape index (κ1) is 93.5. The number of allylic oxidation sites excluding steroid dienone is 4. The van der Waals surface area contributed by atoms with Gasteiger partial charge in [0.05, 0.1) is 26.4 Å². The van der Waals surface area contributed by atoms with Gasteiger partial charge in [-0.25, -0.2) is 9.13 Å². The molecular formula is C77H146O17P2. The Morgan fingerprint density at radius 1 is 0.344 bits per heavy atom. The molecule has 4 unspecified atom stereocenters. The minimum atomic E-state index is -4.97. The lowest BCUT2D eigenvalue weighted by molar-refractivity contribution is -0.161. The lowest BCUT2D eigenvalue weighted by Gasteiger charge is -2.21. The number of carbonyl (C=O) groups excluding carboxylic acids is 4. The maximum Gasteiger partial charge on any atom is 0.472 e. The van der Waals surface area contributed by atoms with E-state index in [1.165, 1.54) is 154 Å². The number of unbranched alkanes of at least 4 members (excludes halogenated alkanes) is 36. The van der Waals surface area contributed by atoms with Gasteiger partial charge >= 0.3 is 39.5 Å². The van der Waals surface area contributed by atoms with Gasteiger partial charge in [0, 0.05) is 25.7 Å². The van der Waals surface area contributed by atoms with E-state index in [0.717, 1.165) is 127 Å². The van der Waals surface area contributed by atoms with Gasteiger partial charge in [0.25, 0.3) is 0 Å². The van der Waals surface area contributed by atoms with E-state index in [1.807, 2.05) is 0 Å². The predicted octanol–water partition coefficient (Wildman–Crippen LogP) is 22.1. The minimum absolute atomic E-state index is 0.100. The van der Waals surface area contributed by atoms with Crippen molar-refractivity contribution in [1.82, 2.24) is 0 Å². The summed E-state index contributed by atoms with van der Waals surface area (Å²) in [6.07, 6.45) is 56.3. The van der Waals surface area contributed by atoms with Crippen LogP contribution in [0.3, 0.4) is 0 Å². The van der Waals surface area contributed by atoms with Gasteiger partial charge in [0.15, 0.2) is 12.2 Å². The standard InChI is InChI=1S/C77H146O17P2/c1-8-11-12-13-14-15-16-17-18-22-25-31-36-44-51-58-74(79)87-64-72(93-76(81)60-53-46-37-32-26-23-20-19-21-24-29-34-42-49-56-69(6)9-2)66-91-95(83,84)89-62-71(78)63-90-96(85,86)92-67-73(65-88-75(80)59-52-45-40-39-41-48-55-68(4)5)94-77(82)61-54-47-38-33-28-27-30-35-43-50-57-70(7)10-3/h15-18,68-73,78H,8-14,19-67H2,1-7H3,(H,83,84)(H,85,86)/b16-15-,18-17-/t69?,70?,71-,72-,73-/m1/s1. The summed E-state index contributed by atoms with van der Waals surface area (Å²) in [5, 5.41) is 10.6. The van der Waals surface area contributed by atoms with Gasteiger partial charge in [-0.05, 0) is 69.1 Å². The molecule has 0 aliphatic carbocycles. The summed E-state index contributed by atoms with van der Waals surface area (Å²) in [6.45, 7) is 11.8. The van der Waals surface area contributed by atoms with Crippen molar-refractivity contribution < 1.29 is 80.2 Å². The number of aliphatic hydroxyl groups excluding tert-OH is 1. The fourth-order valence-electron chi connectivity index (χ4n) is 11.2. The van der Waals surface area contributed by atoms with Gasteiger partial charge in [-0.2, -0.15) is 0 Å². The highest BCUT2D eigenvalue weighted by Gasteiger charge is 2.30. The van der Waals surface area contributed by atoms with E-state index < -0.39 is 97.5 Å². The van der Waals surface area contributed by atoms with Crippen LogP contribution < -0.4 is 0 Å². The van der Waals surface area contributed by atoms with E-state index in [1.54, 1.807) is 0 Å². The summed E-state index contributed by atoms with van der Waals surface area (Å²) in [6, 6.07) is 0. The number of esters is 4. The van der Waals surface area contributed by atoms with Crippen molar-refractivity contribution in [3.63, 3.8) is 0 Å². The molecular weight excluding hydrogens is 1260 g/mol. The fourth-order valence-corrected chi connectivity index (χ4v) is 12.8. The molecule has 17 nitrogen and oxygen atoms in total. The Balaban J connectivity index is 5.28.